The Morgan fingerprint density at radius 3 is 3.11 bits per heavy atom. The Morgan fingerprint density at radius 1 is 1.61 bits per heavy atom. The summed E-state index contributed by atoms with van der Waals surface area (Å²) in [6.07, 6.45) is 4.04. The second-order valence-electron chi connectivity index (χ2n) is 4.35. The van der Waals surface area contributed by atoms with Crippen LogP contribution in [-0.4, -0.2) is 26.1 Å². The number of hydrogen-bond donors (Lipinski definition) is 2. The SMILES string of the molecule is Cc1ncc(CNC(=O)c2n[nH]c(C3CC3)n2)s1. The van der Waals surface area contributed by atoms with Gasteiger partial charge in [0.05, 0.1) is 11.6 Å². The molecule has 2 heterocycles. The molecule has 2 N–H and O–H groups in total. The summed E-state index contributed by atoms with van der Waals surface area (Å²) in [7, 11) is 0. The van der Waals surface area contributed by atoms with Gasteiger partial charge in [-0.1, -0.05) is 0 Å². The minimum atomic E-state index is -0.246. The number of H-pyrrole nitrogens is 1. The van der Waals surface area contributed by atoms with E-state index in [0.29, 0.717) is 12.5 Å². The molecule has 6 nitrogen and oxygen atoms in total. The van der Waals surface area contributed by atoms with E-state index in [1.54, 1.807) is 17.5 Å². The minimum absolute atomic E-state index is 0.220. The fourth-order valence-corrected chi connectivity index (χ4v) is 2.38. The molecule has 18 heavy (non-hydrogen) atoms. The summed E-state index contributed by atoms with van der Waals surface area (Å²) in [5.74, 6) is 1.28. The number of aromatic nitrogens is 4. The zero-order valence-corrected chi connectivity index (χ0v) is 10.8. The van der Waals surface area contributed by atoms with Gasteiger partial charge in [0.15, 0.2) is 0 Å². The van der Waals surface area contributed by atoms with Crippen molar-refractivity contribution >= 4 is 17.2 Å². The van der Waals surface area contributed by atoms with Crippen molar-refractivity contribution in [3.05, 3.63) is 27.7 Å². The van der Waals surface area contributed by atoms with Gasteiger partial charge in [0.2, 0.25) is 5.82 Å². The molecule has 0 atom stereocenters. The highest BCUT2D eigenvalue weighted by Gasteiger charge is 2.28. The first-order valence-corrected chi connectivity index (χ1v) is 6.66. The number of carbonyl (C=O) groups excluding carboxylic acids is 1. The van der Waals surface area contributed by atoms with E-state index in [1.165, 1.54) is 0 Å². The van der Waals surface area contributed by atoms with Crippen molar-refractivity contribution in [3.8, 4) is 0 Å². The molecule has 0 bridgehead atoms. The van der Waals surface area contributed by atoms with Crippen LogP contribution in [0.15, 0.2) is 6.20 Å². The van der Waals surface area contributed by atoms with Crippen LogP contribution in [0.2, 0.25) is 0 Å². The molecule has 1 saturated carbocycles. The molecule has 94 valence electrons. The molecule has 2 aromatic rings. The lowest BCUT2D eigenvalue weighted by atomic mass is 10.4. The molecule has 0 unspecified atom stereocenters. The zero-order valence-electron chi connectivity index (χ0n) is 9.93. The van der Waals surface area contributed by atoms with E-state index in [1.807, 2.05) is 6.92 Å². The van der Waals surface area contributed by atoms with Crippen LogP contribution < -0.4 is 5.32 Å². The maximum absolute atomic E-state index is 11.8. The number of hydrogen-bond acceptors (Lipinski definition) is 5. The average Bonchev–Trinajstić information content (AvgIpc) is 2.94. The van der Waals surface area contributed by atoms with E-state index < -0.39 is 0 Å². The Kier molecular flexibility index (Phi) is 2.83. The van der Waals surface area contributed by atoms with Gasteiger partial charge in [0.25, 0.3) is 5.91 Å². The number of carbonyl (C=O) groups is 1. The third kappa shape index (κ3) is 2.40. The van der Waals surface area contributed by atoms with Crippen LogP contribution in [0, 0.1) is 6.92 Å². The molecule has 0 aromatic carbocycles. The summed E-state index contributed by atoms with van der Waals surface area (Å²) in [5.41, 5.74) is 0. The summed E-state index contributed by atoms with van der Waals surface area (Å²) in [6, 6.07) is 0. The first-order valence-electron chi connectivity index (χ1n) is 5.84. The van der Waals surface area contributed by atoms with Crippen molar-refractivity contribution in [1.29, 1.82) is 0 Å². The van der Waals surface area contributed by atoms with Gasteiger partial charge < -0.3 is 5.32 Å². The number of aryl methyl sites for hydroxylation is 1. The molecule has 2 aromatic heterocycles. The van der Waals surface area contributed by atoms with Gasteiger partial charge in [0, 0.05) is 17.0 Å². The van der Waals surface area contributed by atoms with Gasteiger partial charge in [-0.3, -0.25) is 9.89 Å². The highest BCUT2D eigenvalue weighted by Crippen LogP contribution is 2.37. The van der Waals surface area contributed by atoms with Crippen LogP contribution in [0.5, 0.6) is 0 Å². The van der Waals surface area contributed by atoms with Gasteiger partial charge in [-0.2, -0.15) is 0 Å². The number of nitrogens with one attached hydrogen (secondary N) is 2. The van der Waals surface area contributed by atoms with E-state index in [9.17, 15) is 4.79 Å². The van der Waals surface area contributed by atoms with E-state index >= 15 is 0 Å². The fourth-order valence-electron chi connectivity index (χ4n) is 1.65. The van der Waals surface area contributed by atoms with Crippen LogP contribution >= 0.6 is 11.3 Å². The monoisotopic (exact) mass is 263 g/mol. The van der Waals surface area contributed by atoms with Crippen molar-refractivity contribution in [2.75, 3.05) is 0 Å². The number of thiazole rings is 1. The van der Waals surface area contributed by atoms with Crippen molar-refractivity contribution < 1.29 is 4.79 Å². The average molecular weight is 263 g/mol. The fraction of sp³-hybridized carbons (Fsp3) is 0.455. The Labute approximate surface area is 108 Å². The second kappa shape index (κ2) is 4.49. The maximum atomic E-state index is 11.8. The van der Waals surface area contributed by atoms with Crippen molar-refractivity contribution in [3.63, 3.8) is 0 Å². The van der Waals surface area contributed by atoms with Gasteiger partial charge in [-0.15, -0.1) is 16.4 Å². The normalized spacial score (nSPS) is 14.7. The molecule has 0 radical (unpaired) electrons. The van der Waals surface area contributed by atoms with Crippen LogP contribution in [0.1, 0.15) is 45.1 Å². The van der Waals surface area contributed by atoms with E-state index in [2.05, 4.69) is 25.5 Å². The second-order valence-corrected chi connectivity index (χ2v) is 5.67. The van der Waals surface area contributed by atoms with E-state index in [4.69, 9.17) is 0 Å². The highest BCUT2D eigenvalue weighted by atomic mass is 32.1. The largest absolute Gasteiger partial charge is 0.344 e. The molecule has 1 fully saturated rings. The Morgan fingerprint density at radius 2 is 2.44 bits per heavy atom. The molecule has 0 aliphatic heterocycles. The minimum Gasteiger partial charge on any atom is -0.344 e. The third-order valence-corrected chi connectivity index (χ3v) is 3.67. The molecule has 1 aliphatic rings. The number of aromatic amines is 1. The van der Waals surface area contributed by atoms with E-state index in [-0.39, 0.29) is 11.7 Å². The quantitative estimate of drug-likeness (QED) is 0.872. The van der Waals surface area contributed by atoms with Gasteiger partial charge >= 0.3 is 0 Å². The first-order chi connectivity index (χ1) is 8.72. The molecule has 0 saturated heterocycles. The Hall–Kier alpha value is -1.76. The third-order valence-electron chi connectivity index (χ3n) is 2.76. The number of rotatable bonds is 4. The number of amides is 1. The standard InChI is InChI=1S/C11H13N5OS/c1-6-12-4-8(18-6)5-13-11(17)10-14-9(15-16-10)7-2-3-7/h4,7H,2-3,5H2,1H3,(H,13,17)(H,14,15,16). The maximum Gasteiger partial charge on any atom is 0.291 e. The van der Waals surface area contributed by atoms with Crippen LogP contribution in [0.25, 0.3) is 0 Å². The summed E-state index contributed by atoms with van der Waals surface area (Å²) in [5, 5.41) is 10.5. The van der Waals surface area contributed by atoms with Crippen molar-refractivity contribution in [2.45, 2.75) is 32.2 Å². The summed E-state index contributed by atoms with van der Waals surface area (Å²) in [4.78, 5) is 21.2. The van der Waals surface area contributed by atoms with Crippen molar-refractivity contribution in [2.24, 2.45) is 0 Å². The lowest BCUT2D eigenvalue weighted by Crippen LogP contribution is -2.23. The lowest BCUT2D eigenvalue weighted by molar-refractivity contribution is 0.0941. The Bertz CT molecular complexity index is 572. The predicted octanol–water partition coefficient (Wildman–Crippen LogP) is 1.38. The van der Waals surface area contributed by atoms with Gasteiger partial charge in [-0.25, -0.2) is 9.97 Å². The molecule has 0 spiro atoms. The van der Waals surface area contributed by atoms with Crippen LogP contribution in [-0.2, 0) is 6.54 Å². The molecule has 3 rings (SSSR count). The Balaban J connectivity index is 1.59. The lowest BCUT2D eigenvalue weighted by Gasteiger charge is -1.98. The van der Waals surface area contributed by atoms with Crippen molar-refractivity contribution in [1.82, 2.24) is 25.5 Å². The molecular weight excluding hydrogens is 250 g/mol. The zero-order chi connectivity index (χ0) is 12.5. The molecule has 1 amide bonds. The molecular formula is C11H13N5OS. The van der Waals surface area contributed by atoms with E-state index in [0.717, 1.165) is 28.6 Å². The summed E-state index contributed by atoms with van der Waals surface area (Å²) in [6.45, 7) is 2.41. The highest BCUT2D eigenvalue weighted by molar-refractivity contribution is 7.11. The number of nitrogens with zero attached hydrogens (tertiary/aromatic N) is 3. The molecule has 1 aliphatic carbocycles. The summed E-state index contributed by atoms with van der Waals surface area (Å²) >= 11 is 1.57. The van der Waals surface area contributed by atoms with Crippen LogP contribution in [0.3, 0.4) is 0 Å². The predicted molar refractivity (Wildman–Crippen MR) is 66.4 cm³/mol. The van der Waals surface area contributed by atoms with Gasteiger partial charge in [0.1, 0.15) is 5.82 Å². The van der Waals surface area contributed by atoms with Crippen LogP contribution in [0.4, 0.5) is 0 Å². The smallest absolute Gasteiger partial charge is 0.291 e. The first kappa shape index (κ1) is 11.3. The van der Waals surface area contributed by atoms with Gasteiger partial charge in [-0.05, 0) is 19.8 Å². The summed E-state index contributed by atoms with van der Waals surface area (Å²) < 4.78 is 0. The topological polar surface area (TPSA) is 83.6 Å². The molecule has 7 heteroatoms.